The van der Waals surface area contributed by atoms with Crippen LogP contribution in [0.25, 0.3) is 0 Å². The van der Waals surface area contributed by atoms with E-state index in [0.717, 1.165) is 0 Å². The monoisotopic (exact) mass is 387 g/mol. The second-order valence-electron chi connectivity index (χ2n) is 3.67. The van der Waals surface area contributed by atoms with Crippen molar-refractivity contribution in [2.24, 2.45) is 0 Å². The second-order valence-corrected chi connectivity index (χ2v) is 5.76. The van der Waals surface area contributed by atoms with Gasteiger partial charge in [0.25, 0.3) is 0 Å². The van der Waals surface area contributed by atoms with Crippen LogP contribution in [0.5, 0.6) is 0 Å². The van der Waals surface area contributed by atoms with Gasteiger partial charge in [0, 0.05) is 25.8 Å². The highest BCUT2D eigenvalue weighted by molar-refractivity contribution is 9.10. The third-order valence-corrected chi connectivity index (χ3v) is 4.39. The van der Waals surface area contributed by atoms with Crippen molar-refractivity contribution in [2.75, 3.05) is 5.73 Å². The molecule has 0 aromatic heterocycles. The molecule has 2 aromatic rings. The van der Waals surface area contributed by atoms with E-state index in [4.69, 9.17) is 17.3 Å². The summed E-state index contributed by atoms with van der Waals surface area (Å²) in [7, 11) is 0. The van der Waals surface area contributed by atoms with Crippen molar-refractivity contribution in [3.63, 3.8) is 0 Å². The molecular formula is C13H8Br2ClNO. The first-order valence-electron chi connectivity index (χ1n) is 5.04. The van der Waals surface area contributed by atoms with Gasteiger partial charge in [-0.2, -0.15) is 0 Å². The zero-order valence-corrected chi connectivity index (χ0v) is 13.0. The summed E-state index contributed by atoms with van der Waals surface area (Å²) < 4.78 is 1.35. The summed E-state index contributed by atoms with van der Waals surface area (Å²) in [6, 6.07) is 10.3. The summed E-state index contributed by atoms with van der Waals surface area (Å²) in [5.41, 5.74) is 7.23. The smallest absolute Gasteiger partial charge is 0.195 e. The highest BCUT2D eigenvalue weighted by Gasteiger charge is 2.16. The quantitative estimate of drug-likeness (QED) is 0.599. The Bertz CT molecular complexity index is 628. The van der Waals surface area contributed by atoms with Crippen LogP contribution >= 0.6 is 43.5 Å². The molecule has 0 unspecified atom stereocenters. The van der Waals surface area contributed by atoms with Gasteiger partial charge in [-0.3, -0.25) is 4.79 Å². The third-order valence-electron chi connectivity index (χ3n) is 2.43. The Kier molecular flexibility index (Phi) is 4.10. The summed E-state index contributed by atoms with van der Waals surface area (Å²) in [6.07, 6.45) is 0. The lowest BCUT2D eigenvalue weighted by Crippen LogP contribution is -2.04. The van der Waals surface area contributed by atoms with Crippen LogP contribution in [0.15, 0.2) is 45.3 Å². The van der Waals surface area contributed by atoms with E-state index < -0.39 is 0 Å². The SMILES string of the molecule is Nc1ccc(C(=O)c2cccc(Br)c2Cl)c(Br)c1. The predicted octanol–water partition coefficient (Wildman–Crippen LogP) is 4.68. The van der Waals surface area contributed by atoms with Gasteiger partial charge in [-0.05, 0) is 62.2 Å². The average Bonchev–Trinajstić information content (AvgIpc) is 2.32. The number of hydrogen-bond acceptors (Lipinski definition) is 2. The minimum atomic E-state index is -0.145. The van der Waals surface area contributed by atoms with Gasteiger partial charge in [0.1, 0.15) is 0 Å². The maximum atomic E-state index is 12.4. The standard InChI is InChI=1S/C13H8Br2ClNO/c14-10-3-1-2-9(12(10)16)13(18)8-5-4-7(17)6-11(8)15/h1-6H,17H2. The molecular weight excluding hydrogens is 381 g/mol. The summed E-state index contributed by atoms with van der Waals surface area (Å²) in [4.78, 5) is 12.4. The van der Waals surface area contributed by atoms with Gasteiger partial charge in [0.2, 0.25) is 0 Å². The van der Waals surface area contributed by atoms with Crippen LogP contribution < -0.4 is 5.73 Å². The molecule has 0 amide bonds. The number of nitrogen functional groups attached to an aromatic ring is 1. The lowest BCUT2D eigenvalue weighted by Gasteiger charge is -2.07. The summed E-state index contributed by atoms with van der Waals surface area (Å²) in [6.45, 7) is 0. The Balaban J connectivity index is 2.51. The number of benzene rings is 2. The van der Waals surface area contributed by atoms with E-state index in [-0.39, 0.29) is 5.78 Å². The van der Waals surface area contributed by atoms with Gasteiger partial charge in [-0.1, -0.05) is 17.7 Å². The van der Waals surface area contributed by atoms with E-state index in [2.05, 4.69) is 31.9 Å². The Hall–Kier alpha value is -0.840. The van der Waals surface area contributed by atoms with Crippen molar-refractivity contribution in [1.29, 1.82) is 0 Å². The number of rotatable bonds is 2. The molecule has 0 aliphatic heterocycles. The Morgan fingerprint density at radius 1 is 1.06 bits per heavy atom. The van der Waals surface area contributed by atoms with E-state index in [0.29, 0.717) is 30.8 Å². The number of hydrogen-bond donors (Lipinski definition) is 1. The second kappa shape index (κ2) is 5.43. The lowest BCUT2D eigenvalue weighted by molar-refractivity contribution is 0.103. The Morgan fingerprint density at radius 3 is 2.44 bits per heavy atom. The minimum absolute atomic E-state index is 0.145. The fourth-order valence-corrected chi connectivity index (χ4v) is 2.69. The third kappa shape index (κ3) is 2.60. The highest BCUT2D eigenvalue weighted by Crippen LogP contribution is 2.30. The molecule has 18 heavy (non-hydrogen) atoms. The van der Waals surface area contributed by atoms with Crippen LogP contribution in [-0.4, -0.2) is 5.78 Å². The lowest BCUT2D eigenvalue weighted by atomic mass is 10.0. The molecule has 0 bridgehead atoms. The topological polar surface area (TPSA) is 43.1 Å². The van der Waals surface area contributed by atoms with E-state index >= 15 is 0 Å². The van der Waals surface area contributed by atoms with Crippen LogP contribution in [-0.2, 0) is 0 Å². The van der Waals surface area contributed by atoms with Crippen molar-refractivity contribution < 1.29 is 4.79 Å². The first-order valence-corrected chi connectivity index (χ1v) is 7.01. The molecule has 0 spiro atoms. The van der Waals surface area contributed by atoms with Crippen LogP contribution in [0.3, 0.4) is 0 Å². The molecule has 0 radical (unpaired) electrons. The molecule has 92 valence electrons. The van der Waals surface area contributed by atoms with Crippen LogP contribution in [0.1, 0.15) is 15.9 Å². The van der Waals surface area contributed by atoms with Gasteiger partial charge in [0.05, 0.1) is 5.02 Å². The fraction of sp³-hybridized carbons (Fsp3) is 0. The number of carbonyl (C=O) groups excluding carboxylic acids is 1. The fourth-order valence-electron chi connectivity index (χ4n) is 1.54. The molecule has 2 rings (SSSR count). The molecule has 0 fully saturated rings. The van der Waals surface area contributed by atoms with Crippen molar-refractivity contribution in [3.05, 3.63) is 61.5 Å². The van der Waals surface area contributed by atoms with E-state index in [1.807, 2.05) is 0 Å². The first kappa shape index (κ1) is 13.6. The number of anilines is 1. The van der Waals surface area contributed by atoms with Crippen molar-refractivity contribution in [2.45, 2.75) is 0 Å². The number of ketones is 1. The van der Waals surface area contributed by atoms with Gasteiger partial charge < -0.3 is 5.73 Å². The largest absolute Gasteiger partial charge is 0.399 e. The normalized spacial score (nSPS) is 10.4. The summed E-state index contributed by atoms with van der Waals surface area (Å²) in [5, 5.41) is 0.409. The molecule has 0 aliphatic rings. The van der Waals surface area contributed by atoms with Crippen molar-refractivity contribution >= 4 is 54.9 Å². The van der Waals surface area contributed by atoms with Gasteiger partial charge in [-0.15, -0.1) is 0 Å². The molecule has 2 N–H and O–H groups in total. The molecule has 0 saturated carbocycles. The van der Waals surface area contributed by atoms with Crippen molar-refractivity contribution in [1.82, 2.24) is 0 Å². The molecule has 5 heteroatoms. The summed E-state index contributed by atoms with van der Waals surface area (Å²) in [5.74, 6) is -0.145. The first-order chi connectivity index (χ1) is 8.50. The zero-order chi connectivity index (χ0) is 13.3. The van der Waals surface area contributed by atoms with Crippen LogP contribution in [0, 0.1) is 0 Å². The summed E-state index contributed by atoms with van der Waals surface area (Å²) >= 11 is 12.7. The average molecular weight is 389 g/mol. The van der Waals surface area contributed by atoms with Gasteiger partial charge >= 0.3 is 0 Å². The highest BCUT2D eigenvalue weighted by atomic mass is 79.9. The number of nitrogens with two attached hydrogens (primary N) is 1. The molecule has 0 atom stereocenters. The van der Waals surface area contributed by atoms with Crippen molar-refractivity contribution in [3.8, 4) is 0 Å². The van der Waals surface area contributed by atoms with E-state index in [1.165, 1.54) is 0 Å². The molecule has 2 aromatic carbocycles. The Labute approximate surface area is 126 Å². The Morgan fingerprint density at radius 2 is 1.78 bits per heavy atom. The van der Waals surface area contributed by atoms with Gasteiger partial charge in [0.15, 0.2) is 5.78 Å². The maximum absolute atomic E-state index is 12.4. The molecule has 0 aliphatic carbocycles. The van der Waals surface area contributed by atoms with Crippen LogP contribution in [0.2, 0.25) is 5.02 Å². The molecule has 2 nitrogen and oxygen atoms in total. The zero-order valence-electron chi connectivity index (χ0n) is 9.08. The number of carbonyl (C=O) groups is 1. The van der Waals surface area contributed by atoms with Gasteiger partial charge in [-0.25, -0.2) is 0 Å². The molecule has 0 heterocycles. The number of halogens is 3. The molecule has 0 saturated heterocycles. The predicted molar refractivity (Wildman–Crippen MR) is 81.1 cm³/mol. The van der Waals surface area contributed by atoms with E-state index in [1.54, 1.807) is 36.4 Å². The maximum Gasteiger partial charge on any atom is 0.195 e. The van der Waals surface area contributed by atoms with Crippen LogP contribution in [0.4, 0.5) is 5.69 Å². The minimum Gasteiger partial charge on any atom is -0.399 e. The van der Waals surface area contributed by atoms with E-state index in [9.17, 15) is 4.79 Å².